The topological polar surface area (TPSA) is 66.4 Å². The van der Waals surface area contributed by atoms with Crippen LogP contribution in [-0.2, 0) is 9.59 Å². The van der Waals surface area contributed by atoms with Crippen LogP contribution in [0.4, 0.5) is 0 Å². The summed E-state index contributed by atoms with van der Waals surface area (Å²) in [4.78, 5) is 23.7. The van der Waals surface area contributed by atoms with Gasteiger partial charge in [0.1, 0.15) is 0 Å². The van der Waals surface area contributed by atoms with Gasteiger partial charge in [0.15, 0.2) is 0 Å². The van der Waals surface area contributed by atoms with Gasteiger partial charge in [-0.1, -0.05) is 19.1 Å². The number of carbonyl (C=O) groups is 2. The smallest absolute Gasteiger partial charge is 0.307 e. The summed E-state index contributed by atoms with van der Waals surface area (Å²) in [5, 5.41) is 12.3. The monoisotopic (exact) mass is 263 g/mol. The number of amides is 1. The van der Waals surface area contributed by atoms with Crippen molar-refractivity contribution in [2.45, 2.75) is 32.6 Å². The number of hydrogen-bond acceptors (Lipinski definition) is 2. The van der Waals surface area contributed by atoms with Crippen molar-refractivity contribution < 1.29 is 14.7 Å². The maximum Gasteiger partial charge on any atom is 0.307 e. The predicted molar refractivity (Wildman–Crippen MR) is 70.3 cm³/mol. The number of carboxylic acid groups (broad SMARTS) is 1. The quantitative estimate of drug-likeness (QED) is 0.743. The average molecular weight is 263 g/mol. The van der Waals surface area contributed by atoms with E-state index in [-0.39, 0.29) is 23.7 Å². The number of nitrogens with one attached hydrogen (secondary N) is 1. The third-order valence-electron chi connectivity index (χ3n) is 5.39. The van der Waals surface area contributed by atoms with Crippen molar-refractivity contribution in [3.05, 3.63) is 12.2 Å². The fourth-order valence-corrected chi connectivity index (χ4v) is 3.74. The standard InChI is InChI=1S/C15H21NO3/c1-2-15(5-6-15)8-16-13(17)11-9-3-4-10(7-9)12(11)14(18)19/h3-4,9-12H,2,5-8H2,1H3,(H,16,17)(H,18,19)/t9?,10?,11-,12+/m0/s1. The first-order valence-electron chi connectivity index (χ1n) is 7.25. The molecule has 2 N–H and O–H groups in total. The molecule has 0 aromatic heterocycles. The van der Waals surface area contributed by atoms with Crippen LogP contribution in [0.5, 0.6) is 0 Å². The Balaban J connectivity index is 1.65. The molecule has 3 aliphatic carbocycles. The summed E-state index contributed by atoms with van der Waals surface area (Å²) in [6.07, 6.45) is 8.29. The van der Waals surface area contributed by atoms with Gasteiger partial charge in [-0.3, -0.25) is 9.59 Å². The minimum absolute atomic E-state index is 0.0519. The molecule has 0 radical (unpaired) electrons. The molecule has 3 rings (SSSR count). The summed E-state index contributed by atoms with van der Waals surface area (Å²) in [6.45, 7) is 2.87. The van der Waals surface area contributed by atoms with Crippen molar-refractivity contribution in [2.75, 3.05) is 6.54 Å². The van der Waals surface area contributed by atoms with E-state index in [4.69, 9.17) is 0 Å². The maximum atomic E-state index is 12.3. The summed E-state index contributed by atoms with van der Waals surface area (Å²) in [5.41, 5.74) is 0.307. The Morgan fingerprint density at radius 3 is 2.42 bits per heavy atom. The molecule has 2 fully saturated rings. The van der Waals surface area contributed by atoms with Gasteiger partial charge in [0, 0.05) is 6.54 Å². The molecular formula is C15H21NO3. The molecule has 2 saturated carbocycles. The van der Waals surface area contributed by atoms with Crippen molar-refractivity contribution in [3.8, 4) is 0 Å². The molecule has 0 heterocycles. The van der Waals surface area contributed by atoms with Crippen molar-refractivity contribution in [1.29, 1.82) is 0 Å². The Morgan fingerprint density at radius 1 is 1.26 bits per heavy atom. The second kappa shape index (κ2) is 4.36. The lowest BCUT2D eigenvalue weighted by Crippen LogP contribution is -2.42. The van der Waals surface area contributed by atoms with E-state index in [9.17, 15) is 14.7 Å². The minimum Gasteiger partial charge on any atom is -0.481 e. The predicted octanol–water partition coefficient (Wildman–Crippen LogP) is 1.82. The molecule has 4 nitrogen and oxygen atoms in total. The normalized spacial score (nSPS) is 37.3. The van der Waals surface area contributed by atoms with Crippen molar-refractivity contribution in [1.82, 2.24) is 5.32 Å². The van der Waals surface area contributed by atoms with E-state index in [2.05, 4.69) is 12.2 Å². The van der Waals surface area contributed by atoms with Crippen LogP contribution in [0.3, 0.4) is 0 Å². The summed E-state index contributed by atoms with van der Waals surface area (Å²) in [5.74, 6) is -1.58. The number of carbonyl (C=O) groups excluding carboxylic acids is 1. The van der Waals surface area contributed by atoms with Crippen molar-refractivity contribution in [3.63, 3.8) is 0 Å². The van der Waals surface area contributed by atoms with Crippen molar-refractivity contribution in [2.24, 2.45) is 29.1 Å². The lowest BCUT2D eigenvalue weighted by molar-refractivity contribution is -0.147. The molecule has 3 aliphatic rings. The van der Waals surface area contributed by atoms with Gasteiger partial charge in [-0.2, -0.15) is 0 Å². The molecule has 0 aliphatic heterocycles. The maximum absolute atomic E-state index is 12.3. The van der Waals surface area contributed by atoms with Crippen LogP contribution in [0.15, 0.2) is 12.2 Å². The molecule has 2 unspecified atom stereocenters. The van der Waals surface area contributed by atoms with Crippen LogP contribution >= 0.6 is 0 Å². The number of carboxylic acids is 1. The van der Waals surface area contributed by atoms with Crippen LogP contribution in [0.25, 0.3) is 0 Å². The van der Waals surface area contributed by atoms with E-state index >= 15 is 0 Å². The Morgan fingerprint density at radius 2 is 1.89 bits per heavy atom. The van der Waals surface area contributed by atoms with Gasteiger partial charge in [-0.25, -0.2) is 0 Å². The molecule has 19 heavy (non-hydrogen) atoms. The molecular weight excluding hydrogens is 242 g/mol. The van der Waals surface area contributed by atoms with Crippen LogP contribution in [0.2, 0.25) is 0 Å². The van der Waals surface area contributed by atoms with E-state index in [1.807, 2.05) is 12.2 Å². The lowest BCUT2D eigenvalue weighted by atomic mass is 9.82. The molecule has 4 atom stereocenters. The zero-order valence-electron chi connectivity index (χ0n) is 11.3. The van der Waals surface area contributed by atoms with Crippen molar-refractivity contribution >= 4 is 11.9 Å². The van der Waals surface area contributed by atoms with Gasteiger partial charge in [0.2, 0.25) is 5.91 Å². The number of rotatable bonds is 5. The number of fused-ring (bicyclic) bond motifs is 2. The Bertz CT molecular complexity index is 439. The highest BCUT2D eigenvalue weighted by atomic mass is 16.4. The lowest BCUT2D eigenvalue weighted by Gasteiger charge is -2.25. The van der Waals surface area contributed by atoms with Gasteiger partial charge >= 0.3 is 5.97 Å². The van der Waals surface area contributed by atoms with Crippen LogP contribution in [0.1, 0.15) is 32.6 Å². The van der Waals surface area contributed by atoms with E-state index in [1.54, 1.807) is 0 Å². The second-order valence-electron chi connectivity index (χ2n) is 6.41. The molecule has 104 valence electrons. The molecule has 0 spiro atoms. The highest BCUT2D eigenvalue weighted by Gasteiger charge is 2.52. The van der Waals surface area contributed by atoms with Gasteiger partial charge in [-0.05, 0) is 42.9 Å². The van der Waals surface area contributed by atoms with Crippen LogP contribution in [0, 0.1) is 29.1 Å². The molecule has 0 saturated heterocycles. The van der Waals surface area contributed by atoms with Gasteiger partial charge in [-0.15, -0.1) is 0 Å². The SMILES string of the molecule is CCC1(CNC(=O)[C@H]2C3C=CC(C3)[C@H]2C(=O)O)CC1. The van der Waals surface area contributed by atoms with E-state index < -0.39 is 11.9 Å². The van der Waals surface area contributed by atoms with E-state index in [0.29, 0.717) is 12.0 Å². The fourth-order valence-electron chi connectivity index (χ4n) is 3.74. The Kier molecular flexibility index (Phi) is 2.91. The number of hydrogen-bond donors (Lipinski definition) is 2. The summed E-state index contributed by atoms with van der Waals surface area (Å²) >= 11 is 0. The van der Waals surface area contributed by atoms with Gasteiger partial charge < -0.3 is 10.4 Å². The second-order valence-corrected chi connectivity index (χ2v) is 6.41. The van der Waals surface area contributed by atoms with E-state index in [0.717, 1.165) is 12.8 Å². The van der Waals surface area contributed by atoms with Crippen LogP contribution in [-0.4, -0.2) is 23.5 Å². The molecule has 4 heteroatoms. The molecule has 1 amide bonds. The summed E-state index contributed by atoms with van der Waals surface area (Å²) in [7, 11) is 0. The minimum atomic E-state index is -0.825. The highest BCUT2D eigenvalue weighted by Crippen LogP contribution is 2.50. The fraction of sp³-hybridized carbons (Fsp3) is 0.733. The third-order valence-corrected chi connectivity index (χ3v) is 5.39. The summed E-state index contributed by atoms with van der Waals surface area (Å²) in [6, 6.07) is 0. The molecule has 2 bridgehead atoms. The first-order valence-corrected chi connectivity index (χ1v) is 7.25. The zero-order valence-corrected chi connectivity index (χ0v) is 11.3. The molecule has 0 aromatic carbocycles. The van der Waals surface area contributed by atoms with Crippen LogP contribution < -0.4 is 5.32 Å². The zero-order chi connectivity index (χ0) is 13.6. The first-order chi connectivity index (χ1) is 9.06. The van der Waals surface area contributed by atoms with Gasteiger partial charge in [0.05, 0.1) is 11.8 Å². The highest BCUT2D eigenvalue weighted by molar-refractivity contribution is 5.86. The first kappa shape index (κ1) is 12.7. The number of aliphatic carboxylic acids is 1. The Labute approximate surface area is 113 Å². The number of allylic oxidation sites excluding steroid dienone is 2. The third kappa shape index (κ3) is 2.07. The Hall–Kier alpha value is -1.32. The van der Waals surface area contributed by atoms with E-state index in [1.165, 1.54) is 12.8 Å². The summed E-state index contributed by atoms with van der Waals surface area (Å²) < 4.78 is 0. The molecule has 0 aromatic rings. The largest absolute Gasteiger partial charge is 0.481 e. The average Bonchev–Trinajstić information content (AvgIpc) is 2.88. The van der Waals surface area contributed by atoms with Gasteiger partial charge in [0.25, 0.3) is 0 Å².